The maximum atomic E-state index is 12.5. The molecule has 4 nitrogen and oxygen atoms in total. The zero-order valence-corrected chi connectivity index (χ0v) is 17.3. The molecule has 1 rings (SSSR count). The molecule has 0 radical (unpaired) electrons. The van der Waals surface area contributed by atoms with Crippen molar-refractivity contribution in [2.24, 2.45) is 0 Å². The van der Waals surface area contributed by atoms with E-state index < -0.39 is 0 Å². The second-order valence-corrected chi connectivity index (χ2v) is 7.23. The van der Waals surface area contributed by atoms with Gasteiger partial charge < -0.3 is 9.84 Å². The standard InChI is InChI=1S/C24H35NO3/c1-3-5-6-7-8-9-11-15-22(26)21-18-20(14-4-2)24(19-23(21)27)28-17-13-10-12-16-25/h4,18-19,27H,2-3,5-15,17H2,1H3. The molecular weight excluding hydrogens is 350 g/mol. The summed E-state index contributed by atoms with van der Waals surface area (Å²) in [5.74, 6) is 0.548. The van der Waals surface area contributed by atoms with Gasteiger partial charge in [0.1, 0.15) is 11.5 Å². The molecule has 0 amide bonds. The Morgan fingerprint density at radius 2 is 1.86 bits per heavy atom. The van der Waals surface area contributed by atoms with Crippen molar-refractivity contribution < 1.29 is 14.6 Å². The molecule has 1 N–H and O–H groups in total. The van der Waals surface area contributed by atoms with Crippen LogP contribution in [0.4, 0.5) is 0 Å². The number of carbonyl (C=O) groups excluding carboxylic acids is 1. The Labute approximate surface area is 170 Å². The Kier molecular flexibility index (Phi) is 12.5. The number of ether oxygens (including phenoxy) is 1. The number of nitrogens with zero attached hydrogens (tertiary/aromatic N) is 1. The fraction of sp³-hybridized carbons (Fsp3) is 0.583. The number of hydrogen-bond donors (Lipinski definition) is 1. The molecule has 0 aliphatic carbocycles. The van der Waals surface area contributed by atoms with Crippen molar-refractivity contribution in [3.05, 3.63) is 35.9 Å². The topological polar surface area (TPSA) is 70.3 Å². The normalized spacial score (nSPS) is 10.4. The number of unbranched alkanes of at least 4 members (excludes halogenated alkanes) is 8. The Balaban J connectivity index is 2.60. The zero-order valence-electron chi connectivity index (χ0n) is 17.3. The van der Waals surface area contributed by atoms with E-state index in [0.717, 1.165) is 31.2 Å². The van der Waals surface area contributed by atoms with Crippen LogP contribution in [-0.4, -0.2) is 17.5 Å². The van der Waals surface area contributed by atoms with E-state index in [1.54, 1.807) is 18.2 Å². The monoisotopic (exact) mass is 385 g/mol. The number of rotatable bonds is 16. The van der Waals surface area contributed by atoms with Gasteiger partial charge in [-0.15, -0.1) is 6.58 Å². The van der Waals surface area contributed by atoms with Crippen molar-refractivity contribution in [1.29, 1.82) is 5.26 Å². The van der Waals surface area contributed by atoms with Crippen molar-refractivity contribution in [1.82, 2.24) is 0 Å². The van der Waals surface area contributed by atoms with E-state index in [0.29, 0.717) is 37.2 Å². The van der Waals surface area contributed by atoms with E-state index >= 15 is 0 Å². The lowest BCUT2D eigenvalue weighted by molar-refractivity contribution is 0.0976. The van der Waals surface area contributed by atoms with Gasteiger partial charge in [0, 0.05) is 18.9 Å². The van der Waals surface area contributed by atoms with Gasteiger partial charge in [0.25, 0.3) is 0 Å². The van der Waals surface area contributed by atoms with Crippen molar-refractivity contribution in [2.75, 3.05) is 6.61 Å². The number of phenolic OH excluding ortho intramolecular Hbond substituents is 1. The van der Waals surface area contributed by atoms with E-state index in [2.05, 4.69) is 19.6 Å². The fourth-order valence-corrected chi connectivity index (χ4v) is 3.15. The number of benzene rings is 1. The van der Waals surface area contributed by atoms with Crippen LogP contribution in [-0.2, 0) is 6.42 Å². The Morgan fingerprint density at radius 3 is 2.54 bits per heavy atom. The molecule has 28 heavy (non-hydrogen) atoms. The number of ketones is 1. The molecule has 0 saturated heterocycles. The van der Waals surface area contributed by atoms with Crippen LogP contribution in [0.3, 0.4) is 0 Å². The summed E-state index contributed by atoms with van der Waals surface area (Å²) in [7, 11) is 0. The predicted octanol–water partition coefficient (Wildman–Crippen LogP) is 6.52. The van der Waals surface area contributed by atoms with Crippen LogP contribution in [0.25, 0.3) is 0 Å². The van der Waals surface area contributed by atoms with Gasteiger partial charge in [-0.2, -0.15) is 5.26 Å². The number of allylic oxidation sites excluding steroid dienone is 1. The van der Waals surface area contributed by atoms with Crippen molar-refractivity contribution in [3.8, 4) is 17.6 Å². The molecule has 0 unspecified atom stereocenters. The molecular formula is C24H35NO3. The minimum atomic E-state index is -0.0206. The smallest absolute Gasteiger partial charge is 0.166 e. The minimum absolute atomic E-state index is 0.0167. The van der Waals surface area contributed by atoms with Crippen molar-refractivity contribution in [2.45, 2.75) is 84.0 Å². The molecule has 0 aliphatic heterocycles. The van der Waals surface area contributed by atoms with Crippen LogP contribution in [0.5, 0.6) is 11.5 Å². The number of hydrogen-bond acceptors (Lipinski definition) is 4. The first-order valence-corrected chi connectivity index (χ1v) is 10.6. The summed E-state index contributed by atoms with van der Waals surface area (Å²) in [6.45, 7) is 6.46. The molecule has 0 fully saturated rings. The summed E-state index contributed by atoms with van der Waals surface area (Å²) in [5.41, 5.74) is 1.23. The lowest BCUT2D eigenvalue weighted by Gasteiger charge is -2.13. The minimum Gasteiger partial charge on any atom is -0.507 e. The number of carbonyl (C=O) groups is 1. The van der Waals surface area contributed by atoms with Gasteiger partial charge in [0.05, 0.1) is 18.2 Å². The van der Waals surface area contributed by atoms with Gasteiger partial charge in [0.15, 0.2) is 5.78 Å². The fourth-order valence-electron chi connectivity index (χ4n) is 3.15. The van der Waals surface area contributed by atoms with Gasteiger partial charge >= 0.3 is 0 Å². The van der Waals surface area contributed by atoms with Gasteiger partial charge in [-0.1, -0.05) is 51.5 Å². The van der Waals surface area contributed by atoms with Crippen LogP contribution in [0.15, 0.2) is 24.8 Å². The highest BCUT2D eigenvalue weighted by atomic mass is 16.5. The van der Waals surface area contributed by atoms with E-state index in [-0.39, 0.29) is 11.5 Å². The van der Waals surface area contributed by atoms with Crippen molar-refractivity contribution >= 4 is 5.78 Å². The number of Topliss-reactive ketones (excluding diaryl/α,β-unsaturated/α-hetero) is 1. The summed E-state index contributed by atoms with van der Waals surface area (Å²) < 4.78 is 5.77. The molecule has 4 heteroatoms. The van der Waals surface area contributed by atoms with E-state index in [1.807, 2.05) is 0 Å². The first-order chi connectivity index (χ1) is 13.6. The van der Waals surface area contributed by atoms with Crippen LogP contribution in [0, 0.1) is 11.3 Å². The third-order valence-corrected chi connectivity index (χ3v) is 4.79. The summed E-state index contributed by atoms with van der Waals surface area (Å²) >= 11 is 0. The summed E-state index contributed by atoms with van der Waals surface area (Å²) in [5, 5.41) is 18.9. The van der Waals surface area contributed by atoms with E-state index in [1.165, 1.54) is 32.1 Å². The Hall–Kier alpha value is -2.28. The van der Waals surface area contributed by atoms with Crippen LogP contribution >= 0.6 is 0 Å². The van der Waals surface area contributed by atoms with Crippen LogP contribution in [0.2, 0.25) is 0 Å². The maximum absolute atomic E-state index is 12.5. The molecule has 1 aromatic rings. The maximum Gasteiger partial charge on any atom is 0.166 e. The number of aromatic hydroxyl groups is 1. The molecule has 0 aromatic heterocycles. The molecule has 1 aromatic carbocycles. The van der Waals surface area contributed by atoms with Gasteiger partial charge in [0.2, 0.25) is 0 Å². The van der Waals surface area contributed by atoms with Gasteiger partial charge in [-0.25, -0.2) is 0 Å². The number of phenols is 1. The van der Waals surface area contributed by atoms with Gasteiger partial charge in [-0.05, 0) is 37.3 Å². The molecule has 0 heterocycles. The molecule has 0 saturated carbocycles. The molecule has 0 spiro atoms. The largest absolute Gasteiger partial charge is 0.507 e. The predicted molar refractivity (Wildman–Crippen MR) is 114 cm³/mol. The first kappa shape index (κ1) is 23.8. The number of nitriles is 1. The van der Waals surface area contributed by atoms with Gasteiger partial charge in [-0.3, -0.25) is 4.79 Å². The molecule has 154 valence electrons. The second-order valence-electron chi connectivity index (χ2n) is 7.23. The summed E-state index contributed by atoms with van der Waals surface area (Å²) in [4.78, 5) is 12.5. The van der Waals surface area contributed by atoms with E-state index in [4.69, 9.17) is 10.00 Å². The lowest BCUT2D eigenvalue weighted by atomic mass is 9.99. The Bertz CT molecular complexity index is 646. The average Bonchev–Trinajstić information content (AvgIpc) is 2.68. The quantitative estimate of drug-likeness (QED) is 0.200. The van der Waals surface area contributed by atoms with Crippen molar-refractivity contribution in [3.63, 3.8) is 0 Å². The lowest BCUT2D eigenvalue weighted by Crippen LogP contribution is -2.04. The third-order valence-electron chi connectivity index (χ3n) is 4.79. The second kappa shape index (κ2) is 14.7. The molecule has 0 bridgehead atoms. The highest BCUT2D eigenvalue weighted by Crippen LogP contribution is 2.30. The summed E-state index contributed by atoms with van der Waals surface area (Å²) in [6, 6.07) is 5.40. The summed E-state index contributed by atoms with van der Waals surface area (Å²) in [6.07, 6.45) is 13.0. The first-order valence-electron chi connectivity index (χ1n) is 10.6. The SMILES string of the molecule is C=CCc1cc(C(=O)CCCCCCCCC)c(O)cc1OCCCCC#N. The average molecular weight is 386 g/mol. The highest BCUT2D eigenvalue weighted by molar-refractivity contribution is 5.99. The highest BCUT2D eigenvalue weighted by Gasteiger charge is 2.15. The van der Waals surface area contributed by atoms with E-state index in [9.17, 15) is 9.90 Å². The van der Waals surface area contributed by atoms with Crippen LogP contribution in [0.1, 0.15) is 93.5 Å². The third kappa shape index (κ3) is 9.08. The molecule has 0 aliphatic rings. The zero-order chi connectivity index (χ0) is 20.6. The molecule has 0 atom stereocenters. The Morgan fingerprint density at radius 1 is 1.14 bits per heavy atom. The van der Waals surface area contributed by atoms with Crippen LogP contribution < -0.4 is 4.74 Å².